The largest absolute Gasteiger partial charge is 0.478 e. The van der Waals surface area contributed by atoms with Crippen molar-refractivity contribution >= 4 is 40.8 Å². The number of halogens is 1. The van der Waals surface area contributed by atoms with Gasteiger partial charge in [0.05, 0.1) is 28.9 Å². The van der Waals surface area contributed by atoms with E-state index in [1.807, 2.05) is 31.2 Å². The number of thiazole rings is 1. The van der Waals surface area contributed by atoms with Crippen LogP contribution in [0.5, 0.6) is 0 Å². The van der Waals surface area contributed by atoms with Gasteiger partial charge in [0.1, 0.15) is 5.15 Å². The highest BCUT2D eigenvalue weighted by atomic mass is 35.5. The van der Waals surface area contributed by atoms with E-state index in [1.165, 1.54) is 22.9 Å². The highest BCUT2D eigenvalue weighted by Gasteiger charge is 2.13. The Labute approximate surface area is 164 Å². The molecule has 0 aliphatic heterocycles. The molecule has 138 valence electrons. The third-order valence-corrected chi connectivity index (χ3v) is 5.23. The van der Waals surface area contributed by atoms with Crippen LogP contribution in [-0.4, -0.2) is 21.9 Å². The molecule has 0 saturated heterocycles. The molecule has 1 aromatic heterocycles. The van der Waals surface area contributed by atoms with Gasteiger partial charge in [-0.25, -0.2) is 4.79 Å². The van der Waals surface area contributed by atoms with Crippen LogP contribution in [0.4, 0.5) is 5.69 Å². The van der Waals surface area contributed by atoms with Crippen molar-refractivity contribution in [3.8, 4) is 0 Å². The molecule has 0 amide bonds. The summed E-state index contributed by atoms with van der Waals surface area (Å²) in [4.78, 5) is 23.6. The Hall–Kier alpha value is -2.90. The van der Waals surface area contributed by atoms with Gasteiger partial charge in [-0.2, -0.15) is 5.10 Å². The fourth-order valence-corrected chi connectivity index (χ4v) is 3.50. The van der Waals surface area contributed by atoms with Crippen LogP contribution in [0.1, 0.15) is 26.4 Å². The molecule has 0 bridgehead atoms. The molecule has 3 aromatic rings. The molecule has 8 heteroatoms. The molecular formula is C19H16ClN3O3S. The summed E-state index contributed by atoms with van der Waals surface area (Å²) in [6, 6.07) is 14.1. The number of aryl methyl sites for hydroxylation is 1. The van der Waals surface area contributed by atoms with E-state index in [1.54, 1.807) is 12.1 Å². The average molecular weight is 402 g/mol. The highest BCUT2D eigenvalue weighted by molar-refractivity contribution is 7.11. The van der Waals surface area contributed by atoms with Gasteiger partial charge in [0.25, 0.3) is 0 Å². The van der Waals surface area contributed by atoms with Crippen LogP contribution in [0.3, 0.4) is 0 Å². The minimum absolute atomic E-state index is 0.163. The minimum atomic E-state index is -1.02. The number of nitrogens with one attached hydrogen (secondary N) is 1. The lowest BCUT2D eigenvalue weighted by molar-refractivity contribution is 0.0696. The van der Waals surface area contributed by atoms with E-state index in [9.17, 15) is 9.59 Å². The van der Waals surface area contributed by atoms with Crippen LogP contribution in [0.15, 0.2) is 58.4 Å². The molecule has 0 unspecified atom stereocenters. The smallest absolute Gasteiger partial charge is 0.335 e. The van der Waals surface area contributed by atoms with Gasteiger partial charge in [0.15, 0.2) is 0 Å². The maximum Gasteiger partial charge on any atom is 0.335 e. The van der Waals surface area contributed by atoms with Gasteiger partial charge in [0, 0.05) is 0 Å². The number of rotatable bonds is 6. The average Bonchev–Trinajstić information content (AvgIpc) is 2.91. The number of carboxylic acid groups (broad SMARTS) is 1. The fourth-order valence-electron chi connectivity index (χ4n) is 2.40. The summed E-state index contributed by atoms with van der Waals surface area (Å²) in [5.74, 6) is -1.02. The monoisotopic (exact) mass is 401 g/mol. The van der Waals surface area contributed by atoms with E-state index >= 15 is 0 Å². The number of aromatic carboxylic acids is 1. The minimum Gasteiger partial charge on any atom is -0.478 e. The third-order valence-electron chi connectivity index (χ3n) is 3.80. The summed E-state index contributed by atoms with van der Waals surface area (Å²) in [7, 11) is 0. The number of aromatic nitrogens is 1. The van der Waals surface area contributed by atoms with E-state index in [4.69, 9.17) is 16.7 Å². The predicted octanol–water partition coefficient (Wildman–Crippen LogP) is 4.06. The van der Waals surface area contributed by atoms with Crippen molar-refractivity contribution in [3.05, 3.63) is 84.9 Å². The van der Waals surface area contributed by atoms with Crippen molar-refractivity contribution in [2.45, 2.75) is 13.5 Å². The number of anilines is 1. The van der Waals surface area contributed by atoms with Crippen LogP contribution < -0.4 is 10.3 Å². The number of hydrogen-bond donors (Lipinski definition) is 2. The summed E-state index contributed by atoms with van der Waals surface area (Å²) >= 11 is 7.30. The van der Waals surface area contributed by atoms with Crippen molar-refractivity contribution in [2.24, 2.45) is 5.10 Å². The third kappa shape index (κ3) is 4.64. The highest BCUT2D eigenvalue weighted by Crippen LogP contribution is 2.19. The summed E-state index contributed by atoms with van der Waals surface area (Å²) in [6.45, 7) is 2.19. The van der Waals surface area contributed by atoms with Crippen molar-refractivity contribution in [3.63, 3.8) is 0 Å². The summed E-state index contributed by atoms with van der Waals surface area (Å²) in [5, 5.41) is 13.5. The number of nitrogens with zero attached hydrogens (tertiary/aromatic N) is 2. The van der Waals surface area contributed by atoms with Gasteiger partial charge in [-0.1, -0.05) is 52.8 Å². The number of hydrazone groups is 1. The zero-order valence-corrected chi connectivity index (χ0v) is 15.9. The predicted molar refractivity (Wildman–Crippen MR) is 108 cm³/mol. The first kappa shape index (κ1) is 18.9. The first-order chi connectivity index (χ1) is 12.9. The summed E-state index contributed by atoms with van der Waals surface area (Å²) < 4.78 is 1.39. The van der Waals surface area contributed by atoms with Gasteiger partial charge in [-0.15, -0.1) is 0 Å². The van der Waals surface area contributed by atoms with E-state index in [2.05, 4.69) is 10.5 Å². The number of benzene rings is 2. The second-order valence-corrected chi connectivity index (χ2v) is 7.20. The second-order valence-electron chi connectivity index (χ2n) is 5.85. The molecule has 2 N–H and O–H groups in total. The Morgan fingerprint density at radius 2 is 2.04 bits per heavy atom. The molecule has 1 heterocycles. The SMILES string of the molecule is Cc1ccc(NN=Cc2sc(=O)n(Cc3cccc(C(=O)O)c3)c2Cl)cc1. The molecule has 2 aromatic carbocycles. The first-order valence-corrected chi connectivity index (χ1v) is 9.20. The van der Waals surface area contributed by atoms with Gasteiger partial charge >= 0.3 is 10.8 Å². The first-order valence-electron chi connectivity index (χ1n) is 8.01. The van der Waals surface area contributed by atoms with Gasteiger partial charge in [-0.05, 0) is 36.8 Å². The normalized spacial score (nSPS) is 11.0. The topological polar surface area (TPSA) is 83.7 Å². The number of carbonyl (C=O) groups is 1. The molecule has 6 nitrogen and oxygen atoms in total. The number of carboxylic acids is 1. The molecule has 0 radical (unpaired) electrons. The molecule has 0 saturated carbocycles. The lowest BCUT2D eigenvalue weighted by Crippen LogP contribution is -2.14. The number of hydrogen-bond acceptors (Lipinski definition) is 5. The van der Waals surface area contributed by atoms with E-state index in [0.717, 1.165) is 22.6 Å². The van der Waals surface area contributed by atoms with Crippen LogP contribution >= 0.6 is 22.9 Å². The van der Waals surface area contributed by atoms with Gasteiger partial charge in [0.2, 0.25) is 0 Å². The van der Waals surface area contributed by atoms with Crippen LogP contribution in [0, 0.1) is 6.92 Å². The van der Waals surface area contributed by atoms with Crippen molar-refractivity contribution < 1.29 is 9.90 Å². The summed E-state index contributed by atoms with van der Waals surface area (Å²) in [5.41, 5.74) is 5.70. The van der Waals surface area contributed by atoms with Crippen LogP contribution in [0.2, 0.25) is 5.15 Å². The van der Waals surface area contributed by atoms with Crippen LogP contribution in [0.25, 0.3) is 0 Å². The van der Waals surface area contributed by atoms with Crippen molar-refractivity contribution in [1.29, 1.82) is 0 Å². The standard InChI is InChI=1S/C19H16ClN3O3S/c1-12-5-7-15(8-6-12)22-21-10-16-17(20)23(19(26)27-16)11-13-3-2-4-14(9-13)18(24)25/h2-10,22H,11H2,1H3,(H,24,25). The Kier molecular flexibility index (Phi) is 5.73. The lowest BCUT2D eigenvalue weighted by atomic mass is 10.1. The Morgan fingerprint density at radius 1 is 1.30 bits per heavy atom. The molecular weight excluding hydrogens is 386 g/mol. The quantitative estimate of drug-likeness (QED) is 0.482. The van der Waals surface area contributed by atoms with Crippen molar-refractivity contribution in [1.82, 2.24) is 4.57 Å². The Morgan fingerprint density at radius 3 is 2.74 bits per heavy atom. The molecule has 3 rings (SSSR count). The fraction of sp³-hybridized carbons (Fsp3) is 0.105. The maximum absolute atomic E-state index is 12.3. The Bertz CT molecular complexity index is 1050. The van der Waals surface area contributed by atoms with E-state index in [0.29, 0.717) is 10.4 Å². The molecule has 0 fully saturated rings. The van der Waals surface area contributed by atoms with Gasteiger partial charge < -0.3 is 5.11 Å². The molecule has 0 spiro atoms. The molecule has 27 heavy (non-hydrogen) atoms. The van der Waals surface area contributed by atoms with E-state index in [-0.39, 0.29) is 22.1 Å². The van der Waals surface area contributed by atoms with Crippen LogP contribution in [-0.2, 0) is 6.54 Å². The summed E-state index contributed by atoms with van der Waals surface area (Å²) in [6.07, 6.45) is 1.50. The Balaban J connectivity index is 1.77. The molecule has 0 aliphatic carbocycles. The maximum atomic E-state index is 12.3. The molecule has 0 atom stereocenters. The van der Waals surface area contributed by atoms with Gasteiger partial charge in [-0.3, -0.25) is 14.8 Å². The molecule has 0 aliphatic rings. The zero-order valence-electron chi connectivity index (χ0n) is 14.3. The second kappa shape index (κ2) is 8.20. The zero-order chi connectivity index (χ0) is 19.4. The van der Waals surface area contributed by atoms with E-state index < -0.39 is 5.97 Å². The van der Waals surface area contributed by atoms with Crippen molar-refractivity contribution in [2.75, 3.05) is 5.43 Å². The lowest BCUT2D eigenvalue weighted by Gasteiger charge is -2.05.